The minimum absolute atomic E-state index is 0.110. The van der Waals surface area contributed by atoms with Crippen LogP contribution in [-0.4, -0.2) is 47.4 Å². The number of imidazole rings is 2. The summed E-state index contributed by atoms with van der Waals surface area (Å²) in [6.45, 7) is 3.88. The molecule has 0 bridgehead atoms. The van der Waals surface area contributed by atoms with Crippen LogP contribution in [0, 0.1) is 0 Å². The second-order valence-electron chi connectivity index (χ2n) is 5.82. The van der Waals surface area contributed by atoms with E-state index in [1.165, 1.54) is 0 Å². The first-order chi connectivity index (χ1) is 12.2. The number of aryl methyl sites for hydroxylation is 1. The summed E-state index contributed by atoms with van der Waals surface area (Å²) >= 11 is 0. The predicted octanol–water partition coefficient (Wildman–Crippen LogP) is 1.29. The van der Waals surface area contributed by atoms with Crippen LogP contribution in [0.2, 0.25) is 0 Å². The van der Waals surface area contributed by atoms with E-state index in [-0.39, 0.29) is 5.56 Å². The highest BCUT2D eigenvalue weighted by atomic mass is 16.5. The summed E-state index contributed by atoms with van der Waals surface area (Å²) in [4.78, 5) is 24.9. The molecule has 130 valence electrons. The molecule has 9 heteroatoms. The summed E-state index contributed by atoms with van der Waals surface area (Å²) in [5.41, 5.74) is 1.76. The third-order valence-corrected chi connectivity index (χ3v) is 4.11. The van der Waals surface area contributed by atoms with Gasteiger partial charge in [0.2, 0.25) is 5.78 Å². The number of fused-ring (bicyclic) bond motifs is 3. The standard InChI is InChI=1S/C16H19N7O2/c1-3-5-23-15(24)12-14(22-6-4-17-16(22)23)20-13(19-12)11-9-18-21(10-11)7-8-25-2/h4,6,9-10H,3,5,7-8H2,1-2H3,(H,19,20). The Morgan fingerprint density at radius 3 is 3.00 bits per heavy atom. The molecule has 4 aromatic rings. The number of hydrogen-bond acceptors (Lipinski definition) is 5. The minimum atomic E-state index is -0.110. The Labute approximate surface area is 142 Å². The first-order valence-electron chi connectivity index (χ1n) is 8.20. The van der Waals surface area contributed by atoms with Gasteiger partial charge >= 0.3 is 0 Å². The Morgan fingerprint density at radius 2 is 2.20 bits per heavy atom. The van der Waals surface area contributed by atoms with E-state index >= 15 is 0 Å². The van der Waals surface area contributed by atoms with E-state index in [4.69, 9.17) is 4.74 Å². The molecule has 0 aliphatic heterocycles. The van der Waals surface area contributed by atoms with Gasteiger partial charge in [-0.25, -0.2) is 9.97 Å². The maximum absolute atomic E-state index is 12.8. The second kappa shape index (κ2) is 6.17. The van der Waals surface area contributed by atoms with E-state index in [1.54, 1.807) is 28.8 Å². The quantitative estimate of drug-likeness (QED) is 0.570. The highest BCUT2D eigenvalue weighted by molar-refractivity contribution is 5.77. The lowest BCUT2D eigenvalue weighted by molar-refractivity contribution is 0.183. The van der Waals surface area contributed by atoms with Crippen LogP contribution in [0.4, 0.5) is 0 Å². The van der Waals surface area contributed by atoms with Crippen LogP contribution in [0.3, 0.4) is 0 Å². The van der Waals surface area contributed by atoms with Crippen LogP contribution in [0.25, 0.3) is 28.3 Å². The lowest BCUT2D eigenvalue weighted by Crippen LogP contribution is -2.23. The van der Waals surface area contributed by atoms with E-state index in [2.05, 4.69) is 20.1 Å². The Hall–Kier alpha value is -2.94. The zero-order chi connectivity index (χ0) is 17.4. The highest BCUT2D eigenvalue weighted by Crippen LogP contribution is 2.19. The average Bonchev–Trinajstić information content (AvgIpc) is 3.34. The molecule has 4 rings (SSSR count). The molecule has 4 heterocycles. The van der Waals surface area contributed by atoms with Crippen molar-refractivity contribution in [2.75, 3.05) is 13.7 Å². The van der Waals surface area contributed by atoms with Gasteiger partial charge in [0, 0.05) is 32.2 Å². The van der Waals surface area contributed by atoms with Crippen LogP contribution in [0.1, 0.15) is 13.3 Å². The van der Waals surface area contributed by atoms with Crippen LogP contribution in [-0.2, 0) is 17.8 Å². The molecule has 25 heavy (non-hydrogen) atoms. The maximum Gasteiger partial charge on any atom is 0.280 e. The number of ether oxygens (including phenoxy) is 1. The number of aromatic nitrogens is 7. The summed E-state index contributed by atoms with van der Waals surface area (Å²) in [5.74, 6) is 1.22. The molecule has 0 radical (unpaired) electrons. The summed E-state index contributed by atoms with van der Waals surface area (Å²) in [7, 11) is 1.65. The van der Waals surface area contributed by atoms with Crippen molar-refractivity contribution in [3.8, 4) is 11.4 Å². The predicted molar refractivity (Wildman–Crippen MR) is 92.5 cm³/mol. The fourth-order valence-corrected chi connectivity index (χ4v) is 2.93. The van der Waals surface area contributed by atoms with Crippen LogP contribution in [0.15, 0.2) is 29.6 Å². The summed E-state index contributed by atoms with van der Waals surface area (Å²) in [6, 6.07) is 0. The SMILES string of the molecule is CCCn1c(=O)c2[nH]c(-c3cnn(CCOC)c3)nc2n2ccnc12. The Kier molecular flexibility index (Phi) is 3.85. The van der Waals surface area contributed by atoms with Gasteiger partial charge in [0.25, 0.3) is 5.56 Å². The largest absolute Gasteiger partial charge is 0.383 e. The number of aromatic amines is 1. The number of methoxy groups -OCH3 is 1. The zero-order valence-corrected chi connectivity index (χ0v) is 14.1. The molecule has 0 aromatic carbocycles. The van der Waals surface area contributed by atoms with E-state index < -0.39 is 0 Å². The summed E-state index contributed by atoms with van der Waals surface area (Å²) < 4.78 is 10.4. The summed E-state index contributed by atoms with van der Waals surface area (Å²) in [6.07, 6.45) is 7.95. The third-order valence-electron chi connectivity index (χ3n) is 4.11. The molecular formula is C16H19N7O2. The van der Waals surface area contributed by atoms with Crippen molar-refractivity contribution in [3.05, 3.63) is 35.1 Å². The Bertz CT molecular complexity index is 1090. The van der Waals surface area contributed by atoms with Crippen molar-refractivity contribution in [2.45, 2.75) is 26.4 Å². The minimum Gasteiger partial charge on any atom is -0.383 e. The molecule has 0 unspecified atom stereocenters. The smallest absolute Gasteiger partial charge is 0.280 e. The van der Waals surface area contributed by atoms with E-state index in [0.717, 1.165) is 12.0 Å². The van der Waals surface area contributed by atoms with Crippen molar-refractivity contribution in [3.63, 3.8) is 0 Å². The molecule has 0 aliphatic rings. The highest BCUT2D eigenvalue weighted by Gasteiger charge is 2.16. The molecule has 0 saturated heterocycles. The van der Waals surface area contributed by atoms with Gasteiger partial charge in [0.05, 0.1) is 24.9 Å². The Morgan fingerprint density at radius 1 is 1.32 bits per heavy atom. The van der Waals surface area contributed by atoms with Crippen LogP contribution >= 0.6 is 0 Å². The van der Waals surface area contributed by atoms with Crippen molar-refractivity contribution in [2.24, 2.45) is 0 Å². The van der Waals surface area contributed by atoms with Crippen molar-refractivity contribution < 1.29 is 4.74 Å². The van der Waals surface area contributed by atoms with Gasteiger partial charge in [-0.05, 0) is 6.42 Å². The van der Waals surface area contributed by atoms with Crippen molar-refractivity contribution in [1.82, 2.24) is 33.7 Å². The first kappa shape index (κ1) is 15.6. The van der Waals surface area contributed by atoms with E-state index in [9.17, 15) is 4.79 Å². The topological polar surface area (TPSA) is 95.0 Å². The molecular weight excluding hydrogens is 322 g/mol. The maximum atomic E-state index is 12.8. The molecule has 0 aliphatic carbocycles. The molecule has 9 nitrogen and oxygen atoms in total. The molecule has 0 fully saturated rings. The fourth-order valence-electron chi connectivity index (χ4n) is 2.93. The van der Waals surface area contributed by atoms with Crippen LogP contribution in [0.5, 0.6) is 0 Å². The zero-order valence-electron chi connectivity index (χ0n) is 14.1. The average molecular weight is 341 g/mol. The number of nitrogens with one attached hydrogen (secondary N) is 1. The third kappa shape index (κ3) is 2.52. The van der Waals surface area contributed by atoms with E-state index in [1.807, 2.05) is 23.7 Å². The lowest BCUT2D eigenvalue weighted by atomic mass is 10.3. The monoisotopic (exact) mass is 341 g/mol. The molecule has 0 spiro atoms. The molecule has 1 N–H and O–H groups in total. The second-order valence-corrected chi connectivity index (χ2v) is 5.82. The van der Waals surface area contributed by atoms with Crippen LogP contribution < -0.4 is 5.56 Å². The van der Waals surface area contributed by atoms with Gasteiger partial charge < -0.3 is 9.72 Å². The Balaban J connectivity index is 1.86. The number of hydrogen-bond donors (Lipinski definition) is 1. The number of H-pyrrole nitrogens is 1. The molecule has 0 atom stereocenters. The van der Waals surface area contributed by atoms with Gasteiger partial charge in [0.15, 0.2) is 11.2 Å². The summed E-state index contributed by atoms with van der Waals surface area (Å²) in [5, 5.41) is 4.30. The number of nitrogens with zero attached hydrogens (tertiary/aromatic N) is 6. The number of rotatable bonds is 6. The first-order valence-corrected chi connectivity index (χ1v) is 8.20. The molecule has 4 aromatic heterocycles. The van der Waals surface area contributed by atoms with Crippen molar-refractivity contribution >= 4 is 16.9 Å². The lowest BCUT2D eigenvalue weighted by Gasteiger charge is -2.05. The molecule has 0 amide bonds. The van der Waals surface area contributed by atoms with Gasteiger partial charge in [-0.15, -0.1) is 0 Å². The van der Waals surface area contributed by atoms with Gasteiger partial charge in [0.1, 0.15) is 5.82 Å². The fraction of sp³-hybridized carbons (Fsp3) is 0.375. The van der Waals surface area contributed by atoms with Gasteiger partial charge in [-0.2, -0.15) is 5.10 Å². The van der Waals surface area contributed by atoms with Crippen molar-refractivity contribution in [1.29, 1.82) is 0 Å². The van der Waals surface area contributed by atoms with Gasteiger partial charge in [-0.3, -0.25) is 18.4 Å². The van der Waals surface area contributed by atoms with E-state index in [0.29, 0.717) is 42.5 Å². The van der Waals surface area contributed by atoms with Gasteiger partial charge in [-0.1, -0.05) is 6.92 Å². The molecule has 0 saturated carbocycles. The normalized spacial score (nSPS) is 11.8.